The van der Waals surface area contributed by atoms with Crippen molar-refractivity contribution in [1.82, 2.24) is 0 Å². The maximum absolute atomic E-state index is 6.24. The van der Waals surface area contributed by atoms with Crippen LogP contribution in [0.5, 0.6) is 0 Å². The fraction of sp³-hybridized carbons (Fsp3) is 1.00. The van der Waals surface area contributed by atoms with E-state index in [0.717, 1.165) is 44.9 Å². The molecule has 0 bridgehead atoms. The van der Waals surface area contributed by atoms with E-state index >= 15 is 0 Å². The minimum atomic E-state index is -0.855. The summed E-state index contributed by atoms with van der Waals surface area (Å²) in [6, 6.07) is 0. The predicted molar refractivity (Wildman–Crippen MR) is 111 cm³/mol. The lowest BCUT2D eigenvalue weighted by atomic mass is 9.72. The lowest BCUT2D eigenvalue weighted by Gasteiger charge is -2.47. The Kier molecular flexibility index (Phi) is 9.74. The minimum absolute atomic E-state index is 0.195. The van der Waals surface area contributed by atoms with Crippen molar-refractivity contribution < 1.29 is 19.6 Å². The zero-order valence-corrected chi connectivity index (χ0v) is 19.5. The molecule has 1 aliphatic rings. The molecule has 0 N–H and O–H groups in total. The molecule has 1 saturated carbocycles. The van der Waals surface area contributed by atoms with E-state index in [1.165, 1.54) is 6.42 Å². The summed E-state index contributed by atoms with van der Waals surface area (Å²) in [5, 5.41) is 0. The van der Waals surface area contributed by atoms with Gasteiger partial charge in [0.15, 0.2) is 0 Å². The predicted octanol–water partition coefficient (Wildman–Crippen LogP) is 7.22. The Labute approximate surface area is 168 Å². The third kappa shape index (κ3) is 5.68. The van der Waals surface area contributed by atoms with Gasteiger partial charge in [0.1, 0.15) is 11.2 Å². The minimum Gasteiger partial charge on any atom is -0.227 e. The topological polar surface area (TPSA) is 36.9 Å². The van der Waals surface area contributed by atoms with Crippen molar-refractivity contribution >= 4 is 0 Å². The second-order valence-corrected chi connectivity index (χ2v) is 8.94. The summed E-state index contributed by atoms with van der Waals surface area (Å²) in [6.07, 6.45) is 7.46. The van der Waals surface area contributed by atoms with E-state index in [0.29, 0.717) is 11.8 Å². The van der Waals surface area contributed by atoms with Crippen LogP contribution in [0.1, 0.15) is 114 Å². The van der Waals surface area contributed by atoms with Crippen LogP contribution in [-0.4, -0.2) is 17.0 Å². The van der Waals surface area contributed by atoms with Gasteiger partial charge in [0.05, 0.1) is 0 Å². The maximum atomic E-state index is 6.24. The zero-order valence-electron chi connectivity index (χ0n) is 19.5. The first-order chi connectivity index (χ1) is 12.7. The fourth-order valence-electron chi connectivity index (χ4n) is 4.43. The Morgan fingerprint density at radius 2 is 1.07 bits per heavy atom. The first-order valence-electron chi connectivity index (χ1n) is 11.4. The molecule has 0 aromatic carbocycles. The lowest BCUT2D eigenvalue weighted by molar-refractivity contribution is -0.565. The van der Waals surface area contributed by atoms with E-state index in [4.69, 9.17) is 19.6 Å². The molecule has 1 rings (SSSR count). The highest BCUT2D eigenvalue weighted by molar-refractivity contribution is 4.88. The number of hydrogen-bond acceptors (Lipinski definition) is 4. The van der Waals surface area contributed by atoms with E-state index in [9.17, 15) is 0 Å². The second-order valence-electron chi connectivity index (χ2n) is 8.94. The van der Waals surface area contributed by atoms with Gasteiger partial charge in [0.25, 0.3) is 0 Å². The summed E-state index contributed by atoms with van der Waals surface area (Å²) in [5.41, 5.74) is -0.533. The number of rotatable bonds is 12. The van der Waals surface area contributed by atoms with Gasteiger partial charge in [-0.05, 0) is 56.8 Å². The molecule has 0 amide bonds. The third-order valence-electron chi connectivity index (χ3n) is 7.54. The first-order valence-corrected chi connectivity index (χ1v) is 11.4. The monoisotopic (exact) mass is 386 g/mol. The average Bonchev–Trinajstić information content (AvgIpc) is 2.69. The molecule has 0 heterocycles. The van der Waals surface area contributed by atoms with Crippen molar-refractivity contribution in [2.24, 2.45) is 17.8 Å². The summed E-state index contributed by atoms with van der Waals surface area (Å²) < 4.78 is 0. The van der Waals surface area contributed by atoms with E-state index < -0.39 is 5.79 Å². The summed E-state index contributed by atoms with van der Waals surface area (Å²) in [6.45, 7) is 19.7. The van der Waals surface area contributed by atoms with Crippen LogP contribution < -0.4 is 0 Å². The molecule has 0 aliphatic heterocycles. The van der Waals surface area contributed by atoms with Crippen LogP contribution in [0.15, 0.2) is 0 Å². The molecule has 1 aliphatic carbocycles. The van der Waals surface area contributed by atoms with E-state index in [1.807, 2.05) is 0 Å². The Hall–Kier alpha value is -0.160. The van der Waals surface area contributed by atoms with Gasteiger partial charge in [-0.1, -0.05) is 62.3 Å². The van der Waals surface area contributed by atoms with Gasteiger partial charge in [-0.3, -0.25) is 0 Å². The average molecular weight is 387 g/mol. The Morgan fingerprint density at radius 3 is 1.41 bits per heavy atom. The van der Waals surface area contributed by atoms with Gasteiger partial charge in [0, 0.05) is 12.3 Å². The highest BCUT2D eigenvalue weighted by Crippen LogP contribution is 2.46. The van der Waals surface area contributed by atoms with Crippen molar-refractivity contribution in [2.45, 2.75) is 131 Å². The first kappa shape index (κ1) is 24.9. The van der Waals surface area contributed by atoms with Crippen LogP contribution >= 0.6 is 0 Å². The smallest absolute Gasteiger partial charge is 0.227 e. The van der Waals surface area contributed by atoms with Crippen LogP contribution in [0.2, 0.25) is 0 Å². The SMILES string of the molecule is CCC(CC)(CC)OOC1(OOC(CC)(CC)CC)CC(C)CC(C)C1C. The standard InChI is InChI=1S/C23H46O4/c1-10-21(11-2,12-3)24-26-23(17-18(7)16-19(8)20(23)9)27-25-22(13-4,14-5)15-6/h18-20H,10-17H2,1-9H3. The molecule has 0 radical (unpaired) electrons. The van der Waals surface area contributed by atoms with Crippen molar-refractivity contribution in [2.75, 3.05) is 0 Å². The van der Waals surface area contributed by atoms with Gasteiger partial charge < -0.3 is 0 Å². The Bertz CT molecular complexity index is 374. The quantitative estimate of drug-likeness (QED) is 0.201. The molecule has 162 valence electrons. The summed E-state index contributed by atoms with van der Waals surface area (Å²) in [7, 11) is 0. The zero-order chi connectivity index (χ0) is 20.7. The summed E-state index contributed by atoms with van der Waals surface area (Å²) >= 11 is 0. The van der Waals surface area contributed by atoms with E-state index in [2.05, 4.69) is 62.3 Å². The largest absolute Gasteiger partial charge is 0.237 e. The number of hydrogen-bond donors (Lipinski definition) is 0. The van der Waals surface area contributed by atoms with Gasteiger partial charge in [-0.2, -0.15) is 9.78 Å². The lowest BCUT2D eigenvalue weighted by Crippen LogP contribution is -2.53. The van der Waals surface area contributed by atoms with Crippen LogP contribution in [0.4, 0.5) is 0 Å². The van der Waals surface area contributed by atoms with Crippen LogP contribution in [0.25, 0.3) is 0 Å². The molecule has 27 heavy (non-hydrogen) atoms. The second kappa shape index (κ2) is 10.6. The fourth-order valence-corrected chi connectivity index (χ4v) is 4.43. The summed E-state index contributed by atoms with van der Waals surface area (Å²) in [5.74, 6) is 0.328. The molecule has 4 nitrogen and oxygen atoms in total. The molecule has 0 saturated heterocycles. The maximum Gasteiger partial charge on any atom is 0.237 e. The van der Waals surface area contributed by atoms with Crippen LogP contribution in [0, 0.1) is 17.8 Å². The van der Waals surface area contributed by atoms with Gasteiger partial charge in [-0.15, -0.1) is 0 Å². The van der Waals surface area contributed by atoms with Gasteiger partial charge in [0.2, 0.25) is 5.79 Å². The molecule has 0 aromatic heterocycles. The van der Waals surface area contributed by atoms with Gasteiger partial charge in [-0.25, -0.2) is 9.78 Å². The molecule has 0 aromatic rings. The Balaban J connectivity index is 3.09. The van der Waals surface area contributed by atoms with Gasteiger partial charge >= 0.3 is 0 Å². The van der Waals surface area contributed by atoms with E-state index in [-0.39, 0.29) is 17.1 Å². The highest BCUT2D eigenvalue weighted by atomic mass is 17.3. The molecular formula is C23H46O4. The van der Waals surface area contributed by atoms with Crippen molar-refractivity contribution in [3.8, 4) is 0 Å². The van der Waals surface area contributed by atoms with Crippen LogP contribution in [-0.2, 0) is 19.6 Å². The molecule has 3 atom stereocenters. The Morgan fingerprint density at radius 1 is 0.704 bits per heavy atom. The molecule has 1 fully saturated rings. The molecule has 3 unspecified atom stereocenters. The van der Waals surface area contributed by atoms with Crippen molar-refractivity contribution in [1.29, 1.82) is 0 Å². The molecule has 0 spiro atoms. The normalized spacial score (nSPS) is 26.3. The molecular weight excluding hydrogens is 340 g/mol. The summed E-state index contributed by atoms with van der Waals surface area (Å²) in [4.78, 5) is 24.8. The van der Waals surface area contributed by atoms with Crippen LogP contribution in [0.3, 0.4) is 0 Å². The molecule has 4 heteroatoms. The van der Waals surface area contributed by atoms with E-state index in [1.54, 1.807) is 0 Å². The highest BCUT2D eigenvalue weighted by Gasteiger charge is 2.51. The van der Waals surface area contributed by atoms with Crippen molar-refractivity contribution in [3.05, 3.63) is 0 Å². The third-order valence-corrected chi connectivity index (χ3v) is 7.54. The van der Waals surface area contributed by atoms with Crippen molar-refractivity contribution in [3.63, 3.8) is 0 Å².